The lowest BCUT2D eigenvalue weighted by molar-refractivity contribution is -0.142. The molecular weight excluding hydrogens is 162 g/mol. The number of amides is 1. The van der Waals surface area contributed by atoms with Crippen molar-refractivity contribution < 1.29 is 19.1 Å². The molecule has 12 heavy (non-hydrogen) atoms. The van der Waals surface area contributed by atoms with Crippen LogP contribution in [0.5, 0.6) is 0 Å². The summed E-state index contributed by atoms with van der Waals surface area (Å²) in [6.07, 6.45) is -1.33. The number of hydrogen-bond acceptors (Lipinski definition) is 4. The van der Waals surface area contributed by atoms with Crippen molar-refractivity contribution in [2.24, 2.45) is 0 Å². The zero-order valence-electron chi connectivity index (χ0n) is 6.99. The van der Waals surface area contributed by atoms with E-state index < -0.39 is 18.2 Å². The number of hydrogen-bond donors (Lipinski definition) is 1. The number of rotatable bonds is 3. The van der Waals surface area contributed by atoms with E-state index in [1.165, 1.54) is 7.11 Å². The molecule has 0 spiro atoms. The van der Waals surface area contributed by atoms with Crippen LogP contribution in [0, 0.1) is 0 Å². The summed E-state index contributed by atoms with van der Waals surface area (Å²) < 4.78 is 9.19. The van der Waals surface area contributed by atoms with Gasteiger partial charge >= 0.3 is 5.97 Å². The fourth-order valence-electron chi connectivity index (χ4n) is 0.882. The van der Waals surface area contributed by atoms with Crippen LogP contribution in [0.3, 0.4) is 0 Å². The number of esters is 1. The van der Waals surface area contributed by atoms with Crippen molar-refractivity contribution in [3.63, 3.8) is 0 Å². The van der Waals surface area contributed by atoms with E-state index in [4.69, 9.17) is 4.74 Å². The quantitative estimate of drug-likeness (QED) is 0.442. The van der Waals surface area contributed by atoms with Crippen molar-refractivity contribution in [2.45, 2.75) is 19.1 Å². The van der Waals surface area contributed by atoms with Crippen molar-refractivity contribution in [3.8, 4) is 0 Å². The molecule has 68 valence electrons. The molecule has 5 nitrogen and oxygen atoms in total. The van der Waals surface area contributed by atoms with Gasteiger partial charge in [0.25, 0.3) is 5.91 Å². The summed E-state index contributed by atoms with van der Waals surface area (Å²) in [7, 11) is 1.26. The Morgan fingerprint density at radius 2 is 2.17 bits per heavy atom. The predicted octanol–water partition coefficient (Wildman–Crippen LogP) is -0.937. The summed E-state index contributed by atoms with van der Waals surface area (Å²) in [5, 5.41) is 2.54. The van der Waals surface area contributed by atoms with Crippen molar-refractivity contribution >= 4 is 11.9 Å². The normalized spacial score (nSPS) is 26.2. The SMILES string of the molecule is CCNC(=O)C1OC1C(=O)OC. The zero-order valence-corrected chi connectivity index (χ0v) is 6.99. The number of nitrogens with one attached hydrogen (secondary N) is 1. The van der Waals surface area contributed by atoms with E-state index in [0.29, 0.717) is 6.54 Å². The lowest BCUT2D eigenvalue weighted by atomic mass is 10.3. The zero-order chi connectivity index (χ0) is 9.14. The average Bonchev–Trinajstić information content (AvgIpc) is 2.82. The van der Waals surface area contributed by atoms with Crippen LogP contribution in [0.4, 0.5) is 0 Å². The second kappa shape index (κ2) is 3.53. The molecule has 1 rings (SSSR count). The summed E-state index contributed by atoms with van der Waals surface area (Å²) >= 11 is 0. The van der Waals surface area contributed by atoms with Gasteiger partial charge in [0, 0.05) is 6.54 Å². The molecule has 1 fully saturated rings. The van der Waals surface area contributed by atoms with Gasteiger partial charge in [-0.2, -0.15) is 0 Å². The van der Waals surface area contributed by atoms with E-state index in [1.807, 2.05) is 0 Å². The van der Waals surface area contributed by atoms with Crippen LogP contribution in [-0.2, 0) is 19.1 Å². The third-order valence-corrected chi connectivity index (χ3v) is 1.53. The summed E-state index contributed by atoms with van der Waals surface area (Å²) in [6, 6.07) is 0. The third kappa shape index (κ3) is 1.73. The number of methoxy groups -OCH3 is 1. The number of carbonyl (C=O) groups excluding carboxylic acids is 2. The maximum atomic E-state index is 11.0. The van der Waals surface area contributed by atoms with Gasteiger partial charge in [0.15, 0.2) is 12.2 Å². The Hall–Kier alpha value is -1.10. The number of likely N-dealkylation sites (N-methyl/N-ethyl adjacent to an activating group) is 1. The lowest BCUT2D eigenvalue weighted by Gasteiger charge is -1.95. The van der Waals surface area contributed by atoms with Crippen LogP contribution < -0.4 is 5.32 Å². The Labute approximate surface area is 70.0 Å². The lowest BCUT2D eigenvalue weighted by Crippen LogP contribution is -2.30. The highest BCUT2D eigenvalue weighted by atomic mass is 16.6. The fraction of sp³-hybridized carbons (Fsp3) is 0.714. The highest BCUT2D eigenvalue weighted by molar-refractivity contribution is 5.92. The van der Waals surface area contributed by atoms with Crippen LogP contribution in [-0.4, -0.2) is 37.7 Å². The summed E-state index contributed by atoms with van der Waals surface area (Å²) in [6.45, 7) is 2.33. The summed E-state index contributed by atoms with van der Waals surface area (Å²) in [5.41, 5.74) is 0. The second-order valence-electron chi connectivity index (χ2n) is 2.40. The molecule has 1 aliphatic heterocycles. The van der Waals surface area contributed by atoms with Crippen LogP contribution in [0.2, 0.25) is 0 Å². The Bertz CT molecular complexity index is 204. The van der Waals surface area contributed by atoms with Crippen molar-refractivity contribution in [1.82, 2.24) is 5.32 Å². The maximum absolute atomic E-state index is 11.0. The van der Waals surface area contributed by atoms with Gasteiger partial charge in [-0.3, -0.25) is 4.79 Å². The molecule has 0 bridgehead atoms. The molecule has 2 unspecified atom stereocenters. The monoisotopic (exact) mass is 173 g/mol. The molecule has 0 radical (unpaired) electrons. The Balaban J connectivity index is 2.32. The third-order valence-electron chi connectivity index (χ3n) is 1.53. The standard InChI is InChI=1S/C7H11NO4/c1-3-8-6(9)4-5(12-4)7(10)11-2/h4-5H,3H2,1-2H3,(H,8,9). The van der Waals surface area contributed by atoms with Gasteiger partial charge in [-0.05, 0) is 6.92 Å². The molecule has 2 atom stereocenters. The second-order valence-corrected chi connectivity index (χ2v) is 2.40. The molecule has 0 aromatic carbocycles. The molecule has 0 saturated carbocycles. The Morgan fingerprint density at radius 1 is 1.50 bits per heavy atom. The predicted molar refractivity (Wildman–Crippen MR) is 39.4 cm³/mol. The first-order chi connectivity index (χ1) is 5.70. The number of ether oxygens (including phenoxy) is 2. The fourth-order valence-corrected chi connectivity index (χ4v) is 0.882. The van der Waals surface area contributed by atoms with E-state index in [2.05, 4.69) is 10.1 Å². The maximum Gasteiger partial charge on any atom is 0.338 e. The number of epoxide rings is 1. The Kier molecular flexibility index (Phi) is 2.65. The van der Waals surface area contributed by atoms with Crippen LogP contribution in [0.15, 0.2) is 0 Å². The van der Waals surface area contributed by atoms with E-state index in [1.54, 1.807) is 6.92 Å². The van der Waals surface area contributed by atoms with Crippen molar-refractivity contribution in [1.29, 1.82) is 0 Å². The largest absolute Gasteiger partial charge is 0.467 e. The van der Waals surface area contributed by atoms with Crippen LogP contribution >= 0.6 is 0 Å². The van der Waals surface area contributed by atoms with Gasteiger partial charge in [0.05, 0.1) is 7.11 Å². The topological polar surface area (TPSA) is 67.9 Å². The molecule has 1 aliphatic rings. The molecule has 1 amide bonds. The van der Waals surface area contributed by atoms with Gasteiger partial charge in [-0.25, -0.2) is 4.79 Å². The van der Waals surface area contributed by atoms with Crippen LogP contribution in [0.1, 0.15) is 6.92 Å². The minimum absolute atomic E-state index is 0.257. The van der Waals surface area contributed by atoms with E-state index in [0.717, 1.165) is 0 Å². The minimum atomic E-state index is -0.693. The van der Waals surface area contributed by atoms with E-state index in [-0.39, 0.29) is 5.91 Å². The average molecular weight is 173 g/mol. The molecule has 5 heteroatoms. The highest BCUT2D eigenvalue weighted by Gasteiger charge is 2.51. The first kappa shape index (κ1) is 8.99. The van der Waals surface area contributed by atoms with Crippen molar-refractivity contribution in [3.05, 3.63) is 0 Å². The molecule has 0 aromatic heterocycles. The van der Waals surface area contributed by atoms with E-state index in [9.17, 15) is 9.59 Å². The van der Waals surface area contributed by atoms with Gasteiger partial charge < -0.3 is 14.8 Å². The highest BCUT2D eigenvalue weighted by Crippen LogP contribution is 2.22. The first-order valence-electron chi connectivity index (χ1n) is 3.71. The van der Waals surface area contributed by atoms with Gasteiger partial charge in [-0.15, -0.1) is 0 Å². The summed E-state index contributed by atoms with van der Waals surface area (Å²) in [5.74, 6) is -0.751. The number of carbonyl (C=O) groups is 2. The van der Waals surface area contributed by atoms with Gasteiger partial charge in [0.2, 0.25) is 0 Å². The van der Waals surface area contributed by atoms with Crippen LogP contribution in [0.25, 0.3) is 0 Å². The summed E-state index contributed by atoms with van der Waals surface area (Å²) in [4.78, 5) is 21.8. The minimum Gasteiger partial charge on any atom is -0.467 e. The smallest absolute Gasteiger partial charge is 0.338 e. The molecule has 0 aliphatic carbocycles. The molecule has 1 saturated heterocycles. The van der Waals surface area contributed by atoms with Gasteiger partial charge in [-0.1, -0.05) is 0 Å². The van der Waals surface area contributed by atoms with Gasteiger partial charge in [0.1, 0.15) is 0 Å². The first-order valence-corrected chi connectivity index (χ1v) is 3.71. The van der Waals surface area contributed by atoms with E-state index >= 15 is 0 Å². The molecule has 1 N–H and O–H groups in total. The molecule has 0 aromatic rings. The molecule has 1 heterocycles. The molecular formula is C7H11NO4. The van der Waals surface area contributed by atoms with Crippen molar-refractivity contribution in [2.75, 3.05) is 13.7 Å². The Morgan fingerprint density at radius 3 is 2.67 bits per heavy atom.